The third-order valence-corrected chi connectivity index (χ3v) is 5.27. The summed E-state index contributed by atoms with van der Waals surface area (Å²) in [6.07, 6.45) is 0. The fourth-order valence-electron chi connectivity index (χ4n) is 3.84. The molecule has 0 saturated heterocycles. The van der Waals surface area contributed by atoms with Gasteiger partial charge in [0, 0.05) is 11.5 Å². The van der Waals surface area contributed by atoms with Crippen LogP contribution in [-0.2, 0) is 0 Å². The molecule has 2 atom stereocenters. The molecular weight excluding hydrogens is 388 g/mol. The Bertz CT molecular complexity index is 1210. The largest absolute Gasteiger partial charge is 0.504 e. The first-order valence-electron chi connectivity index (χ1n) is 9.11. The maximum Gasteiger partial charge on any atom is 0.244 e. The van der Waals surface area contributed by atoms with Crippen LogP contribution in [0, 0.1) is 22.7 Å². The SMILES string of the molecule is COc1cc(C2c3c(n[nH]c3-c3ccc4c(c3)OCO4)OC(=N)C2C#N)ccc1O. The molecule has 150 valence electrons. The van der Waals surface area contributed by atoms with E-state index >= 15 is 0 Å². The van der Waals surface area contributed by atoms with Crippen molar-refractivity contribution in [1.82, 2.24) is 10.2 Å². The van der Waals surface area contributed by atoms with E-state index in [1.807, 2.05) is 12.1 Å². The van der Waals surface area contributed by atoms with E-state index in [0.29, 0.717) is 28.3 Å². The van der Waals surface area contributed by atoms with Gasteiger partial charge in [0.2, 0.25) is 18.6 Å². The first kappa shape index (κ1) is 17.9. The van der Waals surface area contributed by atoms with Crippen molar-refractivity contribution in [2.45, 2.75) is 5.92 Å². The van der Waals surface area contributed by atoms with Gasteiger partial charge >= 0.3 is 0 Å². The van der Waals surface area contributed by atoms with Crippen molar-refractivity contribution in [3.63, 3.8) is 0 Å². The summed E-state index contributed by atoms with van der Waals surface area (Å²) < 4.78 is 21.6. The van der Waals surface area contributed by atoms with Crippen molar-refractivity contribution >= 4 is 5.90 Å². The fourth-order valence-corrected chi connectivity index (χ4v) is 3.84. The Morgan fingerprint density at radius 3 is 2.87 bits per heavy atom. The average molecular weight is 404 g/mol. The predicted octanol–water partition coefficient (Wildman–Crippen LogP) is 3.16. The minimum atomic E-state index is -0.878. The van der Waals surface area contributed by atoms with Gasteiger partial charge in [0.15, 0.2) is 23.0 Å². The second kappa shape index (κ2) is 6.70. The molecule has 2 aliphatic heterocycles. The fraction of sp³-hybridized carbons (Fsp3) is 0.190. The second-order valence-electron chi connectivity index (χ2n) is 6.87. The van der Waals surface area contributed by atoms with Crippen LogP contribution in [0.3, 0.4) is 0 Å². The van der Waals surface area contributed by atoms with Crippen LogP contribution in [-0.4, -0.2) is 35.1 Å². The molecule has 0 saturated carbocycles. The standard InChI is InChI=1S/C21H16N4O5/c1-27-15-6-10(2-4-13(15)26)17-12(8-22)20(23)30-21-18(17)19(24-25-21)11-3-5-14-16(7-11)29-9-28-14/h2-7,12,17,23,26H,9H2,1H3,(H,24,25). The minimum absolute atomic E-state index is 0.0136. The molecule has 3 aromatic rings. The number of rotatable bonds is 3. The molecule has 2 aliphatic rings. The lowest BCUT2D eigenvalue weighted by molar-refractivity contribution is 0.174. The number of fused-ring (bicyclic) bond motifs is 2. The lowest BCUT2D eigenvalue weighted by Crippen LogP contribution is -2.30. The molecule has 3 heterocycles. The van der Waals surface area contributed by atoms with E-state index in [1.165, 1.54) is 13.2 Å². The lowest BCUT2D eigenvalue weighted by Gasteiger charge is -2.28. The summed E-state index contributed by atoms with van der Waals surface area (Å²) in [6, 6.07) is 12.5. The number of benzene rings is 2. The van der Waals surface area contributed by atoms with E-state index in [1.54, 1.807) is 18.2 Å². The molecule has 9 nitrogen and oxygen atoms in total. The highest BCUT2D eigenvalue weighted by Crippen LogP contribution is 2.48. The number of aromatic nitrogens is 2. The van der Waals surface area contributed by atoms with Crippen LogP contribution < -0.4 is 18.9 Å². The summed E-state index contributed by atoms with van der Waals surface area (Å²) in [7, 11) is 1.45. The normalized spacial score (nSPS) is 19.0. The summed E-state index contributed by atoms with van der Waals surface area (Å²) >= 11 is 0. The molecule has 2 aromatic carbocycles. The van der Waals surface area contributed by atoms with Crippen molar-refractivity contribution in [3.05, 3.63) is 47.5 Å². The van der Waals surface area contributed by atoms with E-state index in [-0.39, 0.29) is 30.1 Å². The van der Waals surface area contributed by atoms with Gasteiger partial charge in [0.1, 0.15) is 5.92 Å². The van der Waals surface area contributed by atoms with Crippen LogP contribution in [0.4, 0.5) is 0 Å². The number of nitriles is 1. The zero-order valence-electron chi connectivity index (χ0n) is 15.8. The summed E-state index contributed by atoms with van der Waals surface area (Å²) in [5, 5.41) is 35.2. The quantitative estimate of drug-likeness (QED) is 0.610. The molecule has 2 unspecified atom stereocenters. The molecule has 0 bridgehead atoms. The molecular formula is C21H16N4O5. The Balaban J connectivity index is 1.70. The van der Waals surface area contributed by atoms with Gasteiger partial charge in [-0.25, -0.2) is 0 Å². The molecule has 1 aromatic heterocycles. The van der Waals surface area contributed by atoms with Crippen molar-refractivity contribution in [2.24, 2.45) is 5.92 Å². The number of hydrogen-bond acceptors (Lipinski definition) is 8. The van der Waals surface area contributed by atoms with Gasteiger partial charge in [-0.15, -0.1) is 5.10 Å². The van der Waals surface area contributed by atoms with Crippen LogP contribution in [0.2, 0.25) is 0 Å². The molecule has 3 N–H and O–H groups in total. The Labute approximate surface area is 170 Å². The van der Waals surface area contributed by atoms with Crippen LogP contribution in [0.15, 0.2) is 36.4 Å². The highest BCUT2D eigenvalue weighted by atomic mass is 16.7. The highest BCUT2D eigenvalue weighted by Gasteiger charge is 2.41. The maximum absolute atomic E-state index is 9.98. The van der Waals surface area contributed by atoms with Gasteiger partial charge < -0.3 is 24.1 Å². The third kappa shape index (κ3) is 2.62. The summed E-state index contributed by atoms with van der Waals surface area (Å²) in [6.45, 7) is 0.159. The van der Waals surface area contributed by atoms with Crippen LogP contribution in [0.1, 0.15) is 17.0 Å². The number of phenols is 1. The summed E-state index contributed by atoms with van der Waals surface area (Å²) in [5.74, 6) is 0.135. The molecule has 5 rings (SSSR count). The molecule has 30 heavy (non-hydrogen) atoms. The number of ether oxygens (including phenoxy) is 4. The maximum atomic E-state index is 9.98. The average Bonchev–Trinajstić information content (AvgIpc) is 3.39. The van der Waals surface area contributed by atoms with Crippen molar-refractivity contribution in [2.75, 3.05) is 13.9 Å². The van der Waals surface area contributed by atoms with E-state index in [0.717, 1.165) is 5.56 Å². The number of H-pyrrole nitrogens is 1. The van der Waals surface area contributed by atoms with Gasteiger partial charge in [-0.2, -0.15) is 5.26 Å². The molecule has 0 fully saturated rings. The van der Waals surface area contributed by atoms with Crippen LogP contribution in [0.5, 0.6) is 28.9 Å². The van der Waals surface area contributed by atoms with E-state index in [9.17, 15) is 10.4 Å². The van der Waals surface area contributed by atoms with Crippen molar-refractivity contribution in [1.29, 1.82) is 10.7 Å². The number of phenolic OH excluding ortho intramolecular Hbond substituents is 1. The van der Waals surface area contributed by atoms with E-state index < -0.39 is 11.8 Å². The zero-order valence-corrected chi connectivity index (χ0v) is 15.8. The van der Waals surface area contributed by atoms with E-state index in [2.05, 4.69) is 16.3 Å². The molecule has 0 aliphatic carbocycles. The molecule has 0 spiro atoms. The Hall–Kier alpha value is -4.19. The molecule has 0 radical (unpaired) electrons. The highest BCUT2D eigenvalue weighted by molar-refractivity contribution is 5.87. The van der Waals surface area contributed by atoms with Crippen molar-refractivity contribution in [3.8, 4) is 46.2 Å². The summed E-state index contributed by atoms with van der Waals surface area (Å²) in [4.78, 5) is 0. The van der Waals surface area contributed by atoms with Gasteiger partial charge in [0.25, 0.3) is 0 Å². The van der Waals surface area contributed by atoms with Crippen LogP contribution >= 0.6 is 0 Å². The number of hydrogen-bond donors (Lipinski definition) is 3. The Morgan fingerprint density at radius 2 is 2.07 bits per heavy atom. The predicted molar refractivity (Wildman–Crippen MR) is 104 cm³/mol. The smallest absolute Gasteiger partial charge is 0.244 e. The first-order valence-corrected chi connectivity index (χ1v) is 9.11. The number of methoxy groups -OCH3 is 1. The monoisotopic (exact) mass is 404 g/mol. The number of nitrogens with one attached hydrogen (secondary N) is 2. The van der Waals surface area contributed by atoms with Crippen LogP contribution in [0.25, 0.3) is 11.3 Å². The Morgan fingerprint density at radius 1 is 1.23 bits per heavy atom. The third-order valence-electron chi connectivity index (χ3n) is 5.27. The van der Waals surface area contributed by atoms with Gasteiger partial charge in [0.05, 0.1) is 24.4 Å². The second-order valence-corrected chi connectivity index (χ2v) is 6.87. The molecule has 9 heteroatoms. The lowest BCUT2D eigenvalue weighted by atomic mass is 9.78. The first-order chi connectivity index (χ1) is 14.6. The number of nitrogens with zero attached hydrogens (tertiary/aromatic N) is 2. The summed E-state index contributed by atoms with van der Waals surface area (Å²) in [5.41, 5.74) is 2.75. The minimum Gasteiger partial charge on any atom is -0.504 e. The topological polar surface area (TPSA) is 133 Å². The zero-order chi connectivity index (χ0) is 20.8. The Kier molecular flexibility index (Phi) is 3.99. The van der Waals surface area contributed by atoms with Gasteiger partial charge in [-0.05, 0) is 35.9 Å². The molecule has 0 amide bonds. The van der Waals surface area contributed by atoms with Crippen molar-refractivity contribution < 1.29 is 24.1 Å². The number of aromatic amines is 1. The van der Waals surface area contributed by atoms with Gasteiger partial charge in [-0.1, -0.05) is 6.07 Å². The van der Waals surface area contributed by atoms with Gasteiger partial charge in [-0.3, -0.25) is 10.5 Å². The number of aromatic hydroxyl groups is 1. The van der Waals surface area contributed by atoms with E-state index in [4.69, 9.17) is 24.4 Å².